The Bertz CT molecular complexity index is 410. The molecule has 19 heavy (non-hydrogen) atoms. The molecule has 1 aromatic carbocycles. The fourth-order valence-corrected chi connectivity index (χ4v) is 2.32. The van der Waals surface area contributed by atoms with E-state index < -0.39 is 6.10 Å². The molecule has 0 spiro atoms. The molecule has 0 aliphatic carbocycles. The minimum atomic E-state index is -0.457. The predicted molar refractivity (Wildman–Crippen MR) is 71.4 cm³/mol. The monoisotopic (exact) mass is 264 g/mol. The summed E-state index contributed by atoms with van der Waals surface area (Å²) < 4.78 is 0. The second kappa shape index (κ2) is 6.65. The Balaban J connectivity index is 2.01. The molecule has 2 unspecified atom stereocenters. The van der Waals surface area contributed by atoms with Crippen LogP contribution in [0.2, 0.25) is 0 Å². The van der Waals surface area contributed by atoms with Crippen LogP contribution in [0.1, 0.15) is 12.0 Å². The highest BCUT2D eigenvalue weighted by molar-refractivity contribution is 5.82. The highest BCUT2D eigenvalue weighted by Crippen LogP contribution is 2.12. The lowest BCUT2D eigenvalue weighted by molar-refractivity contribution is -0.134. The molecule has 3 N–H and O–H groups in total. The maximum atomic E-state index is 12.3. The third kappa shape index (κ3) is 3.76. The summed E-state index contributed by atoms with van der Waals surface area (Å²) >= 11 is 0. The van der Waals surface area contributed by atoms with Gasteiger partial charge in [0.2, 0.25) is 5.91 Å². The number of benzene rings is 1. The molecule has 1 saturated heterocycles. The van der Waals surface area contributed by atoms with Crippen molar-refractivity contribution in [3.8, 4) is 0 Å². The first-order chi connectivity index (χ1) is 9.20. The minimum Gasteiger partial charge on any atom is -0.395 e. The van der Waals surface area contributed by atoms with E-state index in [1.165, 1.54) is 0 Å². The van der Waals surface area contributed by atoms with Crippen molar-refractivity contribution in [2.75, 3.05) is 19.7 Å². The van der Waals surface area contributed by atoms with Crippen LogP contribution in [0.3, 0.4) is 0 Å². The van der Waals surface area contributed by atoms with Gasteiger partial charge < -0.3 is 20.4 Å². The average Bonchev–Trinajstić information content (AvgIpc) is 2.85. The number of carbonyl (C=O) groups excluding carboxylic acids is 1. The zero-order chi connectivity index (χ0) is 13.7. The van der Waals surface area contributed by atoms with Gasteiger partial charge in [0.15, 0.2) is 0 Å². The van der Waals surface area contributed by atoms with Crippen LogP contribution < -0.4 is 5.32 Å². The summed E-state index contributed by atoms with van der Waals surface area (Å²) in [5.41, 5.74) is 1.03. The second-order valence-corrected chi connectivity index (χ2v) is 4.82. The highest BCUT2D eigenvalue weighted by Gasteiger charge is 2.31. The zero-order valence-electron chi connectivity index (χ0n) is 10.8. The van der Waals surface area contributed by atoms with Gasteiger partial charge in [-0.05, 0) is 12.0 Å². The Kier molecular flexibility index (Phi) is 4.90. The topological polar surface area (TPSA) is 72.8 Å². The molecule has 2 atom stereocenters. The van der Waals surface area contributed by atoms with Crippen LogP contribution in [0.5, 0.6) is 0 Å². The van der Waals surface area contributed by atoms with Gasteiger partial charge in [0.25, 0.3) is 0 Å². The smallest absolute Gasteiger partial charge is 0.240 e. The first-order valence-electron chi connectivity index (χ1n) is 6.55. The predicted octanol–water partition coefficient (Wildman–Crippen LogP) is -0.270. The van der Waals surface area contributed by atoms with Crippen molar-refractivity contribution in [3.05, 3.63) is 35.9 Å². The zero-order valence-corrected chi connectivity index (χ0v) is 10.8. The third-order valence-electron chi connectivity index (χ3n) is 3.30. The molecule has 1 aliphatic rings. The van der Waals surface area contributed by atoms with E-state index in [1.54, 1.807) is 4.90 Å². The summed E-state index contributed by atoms with van der Waals surface area (Å²) in [7, 11) is 0. The maximum absolute atomic E-state index is 12.3. The number of nitrogens with one attached hydrogen (secondary N) is 1. The van der Waals surface area contributed by atoms with E-state index in [9.17, 15) is 9.90 Å². The Morgan fingerprint density at radius 3 is 2.68 bits per heavy atom. The molecule has 1 aromatic rings. The molecular weight excluding hydrogens is 244 g/mol. The molecule has 0 bridgehead atoms. The van der Waals surface area contributed by atoms with E-state index in [-0.39, 0.29) is 18.6 Å². The number of amides is 1. The molecule has 0 radical (unpaired) electrons. The van der Waals surface area contributed by atoms with E-state index in [0.717, 1.165) is 5.56 Å². The summed E-state index contributed by atoms with van der Waals surface area (Å²) in [6.45, 7) is 1.18. The second-order valence-electron chi connectivity index (χ2n) is 4.82. The molecule has 104 valence electrons. The molecule has 1 aliphatic heterocycles. The third-order valence-corrected chi connectivity index (χ3v) is 3.30. The number of hydrogen-bond donors (Lipinski definition) is 3. The number of hydrogen-bond acceptors (Lipinski definition) is 4. The summed E-state index contributed by atoms with van der Waals surface area (Å²) in [4.78, 5) is 14.0. The van der Waals surface area contributed by atoms with Gasteiger partial charge in [-0.1, -0.05) is 30.3 Å². The number of carbonyl (C=O) groups is 1. The van der Waals surface area contributed by atoms with Crippen LogP contribution in [0.15, 0.2) is 30.3 Å². The summed E-state index contributed by atoms with van der Waals surface area (Å²) in [6.07, 6.45) is -0.0168. The van der Waals surface area contributed by atoms with Gasteiger partial charge in [0, 0.05) is 19.6 Å². The average molecular weight is 264 g/mol. The van der Waals surface area contributed by atoms with Gasteiger partial charge in [-0.2, -0.15) is 0 Å². The van der Waals surface area contributed by atoms with Crippen LogP contribution >= 0.6 is 0 Å². The summed E-state index contributed by atoms with van der Waals surface area (Å²) in [5, 5.41) is 21.6. The summed E-state index contributed by atoms with van der Waals surface area (Å²) in [6, 6.07) is 9.34. The molecule has 1 amide bonds. The van der Waals surface area contributed by atoms with Crippen LogP contribution in [-0.4, -0.2) is 52.9 Å². The van der Waals surface area contributed by atoms with E-state index in [0.29, 0.717) is 26.1 Å². The van der Waals surface area contributed by atoms with Crippen molar-refractivity contribution in [3.63, 3.8) is 0 Å². The van der Waals surface area contributed by atoms with E-state index in [2.05, 4.69) is 5.32 Å². The first kappa shape index (κ1) is 14.0. The van der Waals surface area contributed by atoms with Crippen LogP contribution in [0.4, 0.5) is 0 Å². The molecule has 0 saturated carbocycles. The van der Waals surface area contributed by atoms with E-state index >= 15 is 0 Å². The molecule has 5 nitrogen and oxygen atoms in total. The van der Waals surface area contributed by atoms with Gasteiger partial charge in [-0.15, -0.1) is 0 Å². The number of β-amino-alcohol motifs (C(OH)–C–C–N with tert-alkyl or cyclic N) is 1. The van der Waals surface area contributed by atoms with E-state index in [1.807, 2.05) is 30.3 Å². The van der Waals surface area contributed by atoms with Gasteiger partial charge in [0.05, 0.1) is 18.8 Å². The maximum Gasteiger partial charge on any atom is 0.240 e. The molecule has 2 rings (SSSR count). The highest BCUT2D eigenvalue weighted by atomic mass is 16.3. The van der Waals surface area contributed by atoms with Gasteiger partial charge in [-0.3, -0.25) is 4.79 Å². The molecule has 1 fully saturated rings. The van der Waals surface area contributed by atoms with Crippen LogP contribution in [0, 0.1) is 0 Å². The minimum absolute atomic E-state index is 0.0607. The normalized spacial score (nSPS) is 22.4. The van der Waals surface area contributed by atoms with E-state index in [4.69, 9.17) is 5.11 Å². The largest absolute Gasteiger partial charge is 0.395 e. The Labute approximate surface area is 112 Å². The summed E-state index contributed by atoms with van der Waals surface area (Å²) in [5.74, 6) is -0.0607. The molecular formula is C14H20N2O3. The lowest BCUT2D eigenvalue weighted by Gasteiger charge is -2.25. The lowest BCUT2D eigenvalue weighted by atomic mass is 10.1. The van der Waals surface area contributed by atoms with Crippen molar-refractivity contribution in [1.82, 2.24) is 10.2 Å². The SMILES string of the molecule is O=C(C1CC(O)CN1)N(CCO)Cc1ccccc1. The number of aliphatic hydroxyl groups excluding tert-OH is 2. The molecule has 1 heterocycles. The Morgan fingerprint density at radius 2 is 2.11 bits per heavy atom. The molecule has 5 heteroatoms. The van der Waals surface area contributed by atoms with Crippen LogP contribution in [-0.2, 0) is 11.3 Å². The Morgan fingerprint density at radius 1 is 1.37 bits per heavy atom. The van der Waals surface area contributed by atoms with Crippen molar-refractivity contribution >= 4 is 5.91 Å². The van der Waals surface area contributed by atoms with Gasteiger partial charge >= 0.3 is 0 Å². The van der Waals surface area contributed by atoms with Crippen molar-refractivity contribution in [2.24, 2.45) is 0 Å². The van der Waals surface area contributed by atoms with Crippen molar-refractivity contribution < 1.29 is 15.0 Å². The standard InChI is InChI=1S/C14H20N2O3/c17-7-6-16(10-11-4-2-1-3-5-11)14(19)13-8-12(18)9-15-13/h1-5,12-13,15,17-18H,6-10H2. The Hall–Kier alpha value is -1.43. The quantitative estimate of drug-likeness (QED) is 0.684. The fraction of sp³-hybridized carbons (Fsp3) is 0.500. The van der Waals surface area contributed by atoms with Gasteiger partial charge in [0.1, 0.15) is 0 Å². The fourth-order valence-electron chi connectivity index (χ4n) is 2.32. The van der Waals surface area contributed by atoms with Crippen LogP contribution in [0.25, 0.3) is 0 Å². The first-order valence-corrected chi connectivity index (χ1v) is 6.55. The van der Waals surface area contributed by atoms with Crippen molar-refractivity contribution in [2.45, 2.75) is 25.1 Å². The van der Waals surface area contributed by atoms with Crippen molar-refractivity contribution in [1.29, 1.82) is 0 Å². The van der Waals surface area contributed by atoms with Gasteiger partial charge in [-0.25, -0.2) is 0 Å². The number of nitrogens with zero attached hydrogens (tertiary/aromatic N) is 1. The number of rotatable bonds is 5. The molecule has 0 aromatic heterocycles. The lowest BCUT2D eigenvalue weighted by Crippen LogP contribution is -2.44. The number of aliphatic hydroxyl groups is 2.